The number of Topliss-reactive ketones (excluding diaryl/α,β-unsaturated/α-hetero) is 1. The second-order valence-corrected chi connectivity index (χ2v) is 6.43. The van der Waals surface area contributed by atoms with E-state index in [1.165, 1.54) is 16.2 Å². The van der Waals surface area contributed by atoms with E-state index in [0.29, 0.717) is 22.1 Å². The first kappa shape index (κ1) is 13.3. The first-order valence-corrected chi connectivity index (χ1v) is 7.53. The molecule has 102 valence electrons. The van der Waals surface area contributed by atoms with Gasteiger partial charge in [0, 0.05) is 4.88 Å². The number of hydrogen-bond acceptors (Lipinski definition) is 3. The van der Waals surface area contributed by atoms with Crippen LogP contribution in [0.5, 0.6) is 0 Å². The number of aryl methyl sites for hydroxylation is 1. The normalized spacial score (nSPS) is 14.0. The maximum absolute atomic E-state index is 12.1. The molecule has 1 aliphatic rings. The van der Waals surface area contributed by atoms with Gasteiger partial charge in [-0.1, -0.05) is 24.6 Å². The van der Waals surface area contributed by atoms with E-state index in [9.17, 15) is 9.59 Å². The summed E-state index contributed by atoms with van der Waals surface area (Å²) in [5.41, 5.74) is 2.27. The van der Waals surface area contributed by atoms with E-state index in [1.54, 1.807) is 6.07 Å². The van der Waals surface area contributed by atoms with Gasteiger partial charge in [-0.25, -0.2) is 0 Å². The highest BCUT2D eigenvalue weighted by Crippen LogP contribution is 2.33. The number of benzene rings is 1. The lowest BCUT2D eigenvalue weighted by Gasteiger charge is -2.15. The highest BCUT2D eigenvalue weighted by atomic mass is 35.5. The number of fused-ring (bicyclic) bond motifs is 1. The Morgan fingerprint density at radius 2 is 2.00 bits per heavy atom. The molecule has 5 heteroatoms. The van der Waals surface area contributed by atoms with Crippen molar-refractivity contribution >= 4 is 40.3 Å². The van der Waals surface area contributed by atoms with Crippen molar-refractivity contribution in [3.63, 3.8) is 0 Å². The Hall–Kier alpha value is -1.65. The minimum Gasteiger partial charge on any atom is -0.300 e. The Labute approximate surface area is 125 Å². The fourth-order valence-corrected chi connectivity index (χ4v) is 3.39. The Morgan fingerprint density at radius 1 is 1.20 bits per heavy atom. The third-order valence-electron chi connectivity index (χ3n) is 3.39. The minimum absolute atomic E-state index is 0.389. The quantitative estimate of drug-likeness (QED) is 0.811. The lowest BCUT2D eigenvalue weighted by Crippen LogP contribution is -2.28. The molecule has 0 N–H and O–H groups in total. The Morgan fingerprint density at radius 3 is 2.65 bits per heavy atom. The van der Waals surface area contributed by atoms with Crippen molar-refractivity contribution in [2.45, 2.75) is 19.9 Å². The number of amides is 1. The van der Waals surface area contributed by atoms with Crippen LogP contribution in [0.3, 0.4) is 0 Å². The summed E-state index contributed by atoms with van der Waals surface area (Å²) in [6.45, 7) is 2.41. The van der Waals surface area contributed by atoms with Crippen molar-refractivity contribution in [2.75, 3.05) is 4.90 Å². The van der Waals surface area contributed by atoms with E-state index >= 15 is 0 Å². The average Bonchev–Trinajstić information content (AvgIpc) is 2.96. The van der Waals surface area contributed by atoms with Crippen LogP contribution in [0.15, 0.2) is 30.3 Å². The summed E-state index contributed by atoms with van der Waals surface area (Å²) in [6, 6.07) is 9.30. The summed E-state index contributed by atoms with van der Waals surface area (Å²) in [4.78, 5) is 26.7. The number of nitrogens with zero attached hydrogens (tertiary/aromatic N) is 1. The largest absolute Gasteiger partial charge is 0.300 e. The molecule has 1 aliphatic heterocycles. The molecule has 0 radical (unpaired) electrons. The molecule has 1 aromatic heterocycles. The van der Waals surface area contributed by atoms with Gasteiger partial charge in [0.15, 0.2) is 0 Å². The van der Waals surface area contributed by atoms with Crippen molar-refractivity contribution in [1.29, 1.82) is 0 Å². The highest BCUT2D eigenvalue weighted by molar-refractivity contribution is 7.16. The zero-order valence-electron chi connectivity index (χ0n) is 10.9. The zero-order chi connectivity index (χ0) is 14.3. The minimum atomic E-state index is -0.460. The highest BCUT2D eigenvalue weighted by Gasteiger charge is 2.35. The van der Waals surface area contributed by atoms with Gasteiger partial charge in [0.25, 0.3) is 11.7 Å². The van der Waals surface area contributed by atoms with Gasteiger partial charge in [0.2, 0.25) is 0 Å². The lowest BCUT2D eigenvalue weighted by molar-refractivity contribution is -0.114. The Bertz CT molecular complexity index is 708. The number of carbonyl (C=O) groups is 2. The monoisotopic (exact) mass is 305 g/mol. The number of ketones is 1. The third kappa shape index (κ3) is 2.15. The van der Waals surface area contributed by atoms with Gasteiger partial charge < -0.3 is 0 Å². The molecule has 0 fully saturated rings. The van der Waals surface area contributed by atoms with E-state index < -0.39 is 11.7 Å². The summed E-state index contributed by atoms with van der Waals surface area (Å²) in [5.74, 6) is -0.879. The molecule has 0 bridgehead atoms. The molecule has 1 aromatic carbocycles. The van der Waals surface area contributed by atoms with Gasteiger partial charge in [-0.2, -0.15) is 0 Å². The first-order chi connectivity index (χ1) is 9.60. The van der Waals surface area contributed by atoms with Crippen LogP contribution < -0.4 is 4.90 Å². The summed E-state index contributed by atoms with van der Waals surface area (Å²) < 4.78 is 0.680. The van der Waals surface area contributed by atoms with E-state index in [2.05, 4.69) is 0 Å². The number of halogens is 1. The zero-order valence-corrected chi connectivity index (χ0v) is 12.4. The Balaban J connectivity index is 1.98. The number of thiophene rings is 1. The Kier molecular flexibility index (Phi) is 3.36. The van der Waals surface area contributed by atoms with E-state index in [0.717, 1.165) is 16.9 Å². The number of anilines is 1. The molecular weight excluding hydrogens is 294 g/mol. The van der Waals surface area contributed by atoms with Crippen LogP contribution in [0.1, 0.15) is 27.7 Å². The maximum Gasteiger partial charge on any atom is 0.299 e. The molecule has 0 unspecified atom stereocenters. The maximum atomic E-state index is 12.1. The molecule has 0 aliphatic carbocycles. The topological polar surface area (TPSA) is 37.4 Å². The number of hydrogen-bond donors (Lipinski definition) is 0. The van der Waals surface area contributed by atoms with Gasteiger partial charge in [-0.05, 0) is 36.2 Å². The van der Waals surface area contributed by atoms with Gasteiger partial charge >= 0.3 is 0 Å². The molecule has 0 saturated carbocycles. The fourth-order valence-electron chi connectivity index (χ4n) is 2.32. The van der Waals surface area contributed by atoms with Crippen molar-refractivity contribution in [2.24, 2.45) is 0 Å². The van der Waals surface area contributed by atoms with Gasteiger partial charge in [-0.3, -0.25) is 14.5 Å². The van der Waals surface area contributed by atoms with Crippen LogP contribution in [0.25, 0.3) is 0 Å². The van der Waals surface area contributed by atoms with E-state index in [-0.39, 0.29) is 0 Å². The molecule has 20 heavy (non-hydrogen) atoms. The van der Waals surface area contributed by atoms with Gasteiger partial charge in [0.05, 0.1) is 22.1 Å². The van der Waals surface area contributed by atoms with Crippen molar-refractivity contribution in [3.05, 3.63) is 50.7 Å². The smallest absolute Gasteiger partial charge is 0.299 e. The average molecular weight is 306 g/mol. The van der Waals surface area contributed by atoms with Crippen molar-refractivity contribution in [3.8, 4) is 0 Å². The van der Waals surface area contributed by atoms with Crippen LogP contribution in [0.2, 0.25) is 4.34 Å². The SMILES string of the molecule is CCc1ccc2c(c1)C(=O)C(=O)N2Cc1ccc(Cl)s1. The summed E-state index contributed by atoms with van der Waals surface area (Å²) in [5, 5.41) is 0. The molecule has 2 aromatic rings. The first-order valence-electron chi connectivity index (χ1n) is 6.33. The molecule has 3 nitrogen and oxygen atoms in total. The fraction of sp³-hybridized carbons (Fsp3) is 0.200. The van der Waals surface area contributed by atoms with E-state index in [4.69, 9.17) is 11.6 Å². The molecule has 3 rings (SSSR count). The summed E-state index contributed by atoms with van der Waals surface area (Å²) in [6.07, 6.45) is 0.843. The molecule has 0 saturated heterocycles. The summed E-state index contributed by atoms with van der Waals surface area (Å²) in [7, 11) is 0. The predicted molar refractivity (Wildman–Crippen MR) is 80.7 cm³/mol. The van der Waals surface area contributed by atoms with Gasteiger partial charge in [0.1, 0.15) is 0 Å². The van der Waals surface area contributed by atoms with Crippen LogP contribution in [0, 0.1) is 0 Å². The predicted octanol–water partition coefficient (Wildman–Crippen LogP) is 3.69. The van der Waals surface area contributed by atoms with Crippen LogP contribution >= 0.6 is 22.9 Å². The van der Waals surface area contributed by atoms with Gasteiger partial charge in [-0.15, -0.1) is 11.3 Å². The van der Waals surface area contributed by atoms with Crippen molar-refractivity contribution < 1.29 is 9.59 Å². The van der Waals surface area contributed by atoms with Crippen LogP contribution in [0.4, 0.5) is 5.69 Å². The molecule has 0 spiro atoms. The van der Waals surface area contributed by atoms with Crippen molar-refractivity contribution in [1.82, 2.24) is 0 Å². The second-order valence-electron chi connectivity index (χ2n) is 4.63. The molecule has 1 amide bonds. The molecular formula is C15H12ClNO2S. The van der Waals surface area contributed by atoms with Crippen LogP contribution in [-0.4, -0.2) is 11.7 Å². The lowest BCUT2D eigenvalue weighted by atomic mass is 10.1. The second kappa shape index (κ2) is 5.04. The van der Waals surface area contributed by atoms with E-state index in [1.807, 2.05) is 31.2 Å². The number of rotatable bonds is 3. The molecule has 2 heterocycles. The van der Waals surface area contributed by atoms with Crippen LogP contribution in [-0.2, 0) is 17.8 Å². The standard InChI is InChI=1S/C15H12ClNO2S/c1-2-9-3-5-12-11(7-9)14(18)15(19)17(12)8-10-4-6-13(16)20-10/h3-7H,2,8H2,1H3. The molecule has 0 atom stereocenters. The summed E-state index contributed by atoms with van der Waals surface area (Å²) >= 11 is 7.32. The number of carbonyl (C=O) groups excluding carboxylic acids is 2. The third-order valence-corrected chi connectivity index (χ3v) is 4.60.